The minimum atomic E-state index is -0.602. The van der Waals surface area contributed by atoms with Crippen molar-refractivity contribution >= 4 is 35.6 Å². The molecule has 0 aromatic heterocycles. The van der Waals surface area contributed by atoms with Gasteiger partial charge in [-0.1, -0.05) is 17.7 Å². The highest BCUT2D eigenvalue weighted by atomic mass is 35.5. The van der Waals surface area contributed by atoms with E-state index < -0.39 is 10.8 Å². The number of likely N-dealkylation sites (tertiary alicyclic amines) is 1. The number of nitrogens with zero attached hydrogens (tertiary/aromatic N) is 2. The molecule has 2 rings (SSSR count). The Bertz CT molecular complexity index is 510. The maximum Gasteiger partial charge on any atom is 0.283 e. The first-order valence-electron chi connectivity index (χ1n) is 5.48. The molecule has 8 heteroatoms. The van der Waals surface area contributed by atoms with Gasteiger partial charge in [0.25, 0.3) is 11.6 Å². The molecule has 1 heterocycles. The minimum Gasteiger partial charge on any atom is -0.337 e. The molecule has 0 saturated carbocycles. The maximum absolute atomic E-state index is 12.2. The number of hydrogen-bond donors (Lipinski definition) is 1. The van der Waals surface area contributed by atoms with E-state index in [1.165, 1.54) is 23.1 Å². The van der Waals surface area contributed by atoms with Gasteiger partial charge in [0.2, 0.25) is 0 Å². The number of carbonyl (C=O) groups excluding carboxylic acids is 1. The molecule has 0 bridgehead atoms. The zero-order valence-electron chi connectivity index (χ0n) is 9.91. The van der Waals surface area contributed by atoms with Crippen molar-refractivity contribution in [3.05, 3.63) is 38.9 Å². The fourth-order valence-electron chi connectivity index (χ4n) is 2.01. The lowest BCUT2D eigenvalue weighted by Gasteiger charge is -2.16. The van der Waals surface area contributed by atoms with E-state index in [0.717, 1.165) is 0 Å². The van der Waals surface area contributed by atoms with Gasteiger partial charge in [0.05, 0.1) is 9.95 Å². The first-order valence-corrected chi connectivity index (χ1v) is 5.86. The highest BCUT2D eigenvalue weighted by Crippen LogP contribution is 2.28. The summed E-state index contributed by atoms with van der Waals surface area (Å²) in [5.41, 5.74) is 5.39. The van der Waals surface area contributed by atoms with Crippen LogP contribution in [-0.4, -0.2) is 34.9 Å². The smallest absolute Gasteiger partial charge is 0.283 e. The molecule has 0 aliphatic carbocycles. The molecule has 6 nitrogen and oxygen atoms in total. The number of nitro benzene ring substituents is 1. The Morgan fingerprint density at radius 3 is 2.74 bits per heavy atom. The maximum atomic E-state index is 12.2. The van der Waals surface area contributed by atoms with Crippen molar-refractivity contribution in [3.63, 3.8) is 0 Å². The molecule has 1 amide bonds. The summed E-state index contributed by atoms with van der Waals surface area (Å²) < 4.78 is 0. The van der Waals surface area contributed by atoms with Gasteiger partial charge in [0, 0.05) is 25.2 Å². The molecule has 104 valence electrons. The van der Waals surface area contributed by atoms with Crippen LogP contribution in [0.4, 0.5) is 5.69 Å². The third-order valence-electron chi connectivity index (χ3n) is 2.91. The summed E-state index contributed by atoms with van der Waals surface area (Å²) in [5, 5.41) is 11.0. The number of halogens is 2. The SMILES string of the molecule is Cl.N[C@@H]1CCN(C(=O)c2c(Cl)cccc2[N+](=O)[O-])C1. The standard InChI is InChI=1S/C11H12ClN3O3.ClH/c12-8-2-1-3-9(15(17)18)10(8)11(16)14-5-4-7(13)6-14;/h1-3,7H,4-6,13H2;1H/t7-;/m1./s1. The zero-order valence-corrected chi connectivity index (χ0v) is 11.5. The van der Waals surface area contributed by atoms with Crippen molar-refractivity contribution in [1.82, 2.24) is 4.90 Å². The van der Waals surface area contributed by atoms with Crippen molar-refractivity contribution in [3.8, 4) is 0 Å². The highest BCUT2D eigenvalue weighted by molar-refractivity contribution is 6.34. The molecule has 0 spiro atoms. The normalized spacial score (nSPS) is 18.0. The van der Waals surface area contributed by atoms with Crippen LogP contribution in [0.1, 0.15) is 16.8 Å². The summed E-state index contributed by atoms with van der Waals surface area (Å²) in [4.78, 5) is 24.0. The van der Waals surface area contributed by atoms with Gasteiger partial charge < -0.3 is 10.6 Å². The lowest BCUT2D eigenvalue weighted by molar-refractivity contribution is -0.385. The molecule has 1 aromatic carbocycles. The second-order valence-electron chi connectivity index (χ2n) is 4.19. The predicted molar refractivity (Wildman–Crippen MR) is 73.9 cm³/mol. The highest BCUT2D eigenvalue weighted by Gasteiger charge is 2.31. The summed E-state index contributed by atoms with van der Waals surface area (Å²) >= 11 is 5.90. The van der Waals surface area contributed by atoms with Crippen LogP contribution in [0.15, 0.2) is 18.2 Å². The van der Waals surface area contributed by atoms with Crippen molar-refractivity contribution in [2.24, 2.45) is 5.73 Å². The molecule has 0 radical (unpaired) electrons. The van der Waals surface area contributed by atoms with Gasteiger partial charge in [0.1, 0.15) is 5.56 Å². The Balaban J connectivity index is 0.00000180. The molecular weight excluding hydrogens is 293 g/mol. The molecule has 0 unspecified atom stereocenters. The summed E-state index contributed by atoms with van der Waals surface area (Å²) in [7, 11) is 0. The van der Waals surface area contributed by atoms with Gasteiger partial charge in [-0.05, 0) is 12.5 Å². The van der Waals surface area contributed by atoms with E-state index in [-0.39, 0.29) is 34.7 Å². The van der Waals surface area contributed by atoms with E-state index in [0.29, 0.717) is 19.5 Å². The fraction of sp³-hybridized carbons (Fsp3) is 0.364. The van der Waals surface area contributed by atoms with Gasteiger partial charge in [0.15, 0.2) is 0 Å². The molecule has 1 atom stereocenters. The Kier molecular flexibility index (Phi) is 5.11. The average Bonchev–Trinajstić information content (AvgIpc) is 2.74. The van der Waals surface area contributed by atoms with Crippen molar-refractivity contribution in [1.29, 1.82) is 0 Å². The molecular formula is C11H13Cl2N3O3. The van der Waals surface area contributed by atoms with E-state index in [1.807, 2.05) is 0 Å². The summed E-state index contributed by atoms with van der Waals surface area (Å²) in [6, 6.07) is 4.12. The van der Waals surface area contributed by atoms with Crippen LogP contribution in [0, 0.1) is 10.1 Å². The molecule has 1 aromatic rings. The van der Waals surface area contributed by atoms with E-state index >= 15 is 0 Å². The van der Waals surface area contributed by atoms with Crippen LogP contribution in [0.5, 0.6) is 0 Å². The molecule has 1 saturated heterocycles. The number of carbonyl (C=O) groups is 1. The monoisotopic (exact) mass is 305 g/mol. The van der Waals surface area contributed by atoms with E-state index in [2.05, 4.69) is 0 Å². The summed E-state index contributed by atoms with van der Waals surface area (Å²) in [6.45, 7) is 0.906. The summed E-state index contributed by atoms with van der Waals surface area (Å²) in [5.74, 6) is -0.430. The Hall–Kier alpha value is -1.37. The van der Waals surface area contributed by atoms with Crippen molar-refractivity contribution in [2.45, 2.75) is 12.5 Å². The molecule has 1 fully saturated rings. The van der Waals surface area contributed by atoms with Crippen molar-refractivity contribution < 1.29 is 9.72 Å². The fourth-order valence-corrected chi connectivity index (χ4v) is 2.26. The first-order chi connectivity index (χ1) is 8.50. The minimum absolute atomic E-state index is 0. The van der Waals surface area contributed by atoms with Crippen LogP contribution < -0.4 is 5.73 Å². The van der Waals surface area contributed by atoms with Crippen LogP contribution in [0.2, 0.25) is 5.02 Å². The quantitative estimate of drug-likeness (QED) is 0.667. The molecule has 1 aliphatic rings. The number of nitrogens with two attached hydrogens (primary N) is 1. The lowest BCUT2D eigenvalue weighted by Crippen LogP contribution is -2.32. The van der Waals surface area contributed by atoms with Gasteiger partial charge in [-0.2, -0.15) is 0 Å². The molecule has 1 aliphatic heterocycles. The Morgan fingerprint density at radius 1 is 1.53 bits per heavy atom. The lowest BCUT2D eigenvalue weighted by atomic mass is 10.1. The van der Waals surface area contributed by atoms with Crippen molar-refractivity contribution in [2.75, 3.05) is 13.1 Å². The Labute approximate surface area is 121 Å². The second kappa shape index (κ2) is 6.18. The number of benzene rings is 1. The number of hydrogen-bond acceptors (Lipinski definition) is 4. The third-order valence-corrected chi connectivity index (χ3v) is 3.23. The van der Waals surface area contributed by atoms with Gasteiger partial charge >= 0.3 is 0 Å². The van der Waals surface area contributed by atoms with Crippen LogP contribution in [0.25, 0.3) is 0 Å². The van der Waals surface area contributed by atoms with E-state index in [1.54, 1.807) is 0 Å². The second-order valence-corrected chi connectivity index (χ2v) is 4.60. The van der Waals surface area contributed by atoms with Gasteiger partial charge in [-0.3, -0.25) is 14.9 Å². The summed E-state index contributed by atoms with van der Waals surface area (Å²) in [6.07, 6.45) is 0.698. The topological polar surface area (TPSA) is 89.5 Å². The van der Waals surface area contributed by atoms with Crippen LogP contribution in [-0.2, 0) is 0 Å². The largest absolute Gasteiger partial charge is 0.337 e. The Morgan fingerprint density at radius 2 is 2.21 bits per heavy atom. The number of nitro groups is 1. The van der Waals surface area contributed by atoms with Gasteiger partial charge in [-0.25, -0.2) is 0 Å². The molecule has 2 N–H and O–H groups in total. The third kappa shape index (κ3) is 3.15. The number of amides is 1. The first kappa shape index (κ1) is 15.7. The van der Waals surface area contributed by atoms with Gasteiger partial charge in [-0.15, -0.1) is 12.4 Å². The van der Waals surface area contributed by atoms with Crippen LogP contribution >= 0.6 is 24.0 Å². The van der Waals surface area contributed by atoms with E-state index in [4.69, 9.17) is 17.3 Å². The predicted octanol–water partition coefficient (Wildman–Crippen LogP) is 1.84. The zero-order chi connectivity index (χ0) is 13.3. The average molecular weight is 306 g/mol. The number of rotatable bonds is 2. The van der Waals surface area contributed by atoms with Crippen LogP contribution in [0.3, 0.4) is 0 Å². The van der Waals surface area contributed by atoms with E-state index in [9.17, 15) is 14.9 Å². The molecule has 19 heavy (non-hydrogen) atoms.